The summed E-state index contributed by atoms with van der Waals surface area (Å²) in [6, 6.07) is 18.3. The molecule has 0 atom stereocenters. The van der Waals surface area contributed by atoms with E-state index in [-0.39, 0.29) is 0 Å². The van der Waals surface area contributed by atoms with E-state index >= 15 is 0 Å². The van der Waals surface area contributed by atoms with E-state index in [0.717, 1.165) is 0 Å². The van der Waals surface area contributed by atoms with Gasteiger partial charge in [-0.05, 0) is 31.4 Å². The maximum absolute atomic E-state index is 2.32. The highest BCUT2D eigenvalue weighted by Gasteiger charge is 2.13. The summed E-state index contributed by atoms with van der Waals surface area (Å²) in [6.45, 7) is 6.62. The van der Waals surface area contributed by atoms with Gasteiger partial charge >= 0.3 is 0 Å². The molecule has 130 valence electrons. The second-order valence-corrected chi connectivity index (χ2v) is 7.28. The Balaban J connectivity index is 1.96. The summed E-state index contributed by atoms with van der Waals surface area (Å²) < 4.78 is 0. The summed E-state index contributed by atoms with van der Waals surface area (Å²) >= 11 is 0. The van der Waals surface area contributed by atoms with Crippen LogP contribution in [0.25, 0.3) is 0 Å². The molecule has 0 aliphatic carbocycles. The Morgan fingerprint density at radius 3 is 1.46 bits per heavy atom. The van der Waals surface area contributed by atoms with Gasteiger partial charge in [-0.15, -0.1) is 0 Å². The van der Waals surface area contributed by atoms with Gasteiger partial charge in [0, 0.05) is 5.92 Å². The molecule has 0 radical (unpaired) electrons. The van der Waals surface area contributed by atoms with Crippen molar-refractivity contribution in [1.82, 2.24) is 0 Å². The molecule has 0 heteroatoms. The molecule has 2 aromatic carbocycles. The highest BCUT2D eigenvalue weighted by Crippen LogP contribution is 2.30. The quantitative estimate of drug-likeness (QED) is 0.395. The van der Waals surface area contributed by atoms with Crippen LogP contribution in [0.4, 0.5) is 0 Å². The molecule has 0 aliphatic heterocycles. The molecular formula is C24H34. The molecule has 2 aromatic rings. The van der Waals surface area contributed by atoms with Crippen molar-refractivity contribution < 1.29 is 0 Å². The van der Waals surface area contributed by atoms with E-state index in [4.69, 9.17) is 0 Å². The Morgan fingerprint density at radius 2 is 1.00 bits per heavy atom. The van der Waals surface area contributed by atoms with Crippen molar-refractivity contribution in [2.75, 3.05) is 0 Å². The maximum Gasteiger partial charge on any atom is 0.00893 e. The first-order chi connectivity index (χ1) is 11.7. The molecule has 0 nitrogen and oxygen atoms in total. The largest absolute Gasteiger partial charge is 0.0654 e. The van der Waals surface area contributed by atoms with Gasteiger partial charge in [-0.1, -0.05) is 112 Å². The third-order valence-electron chi connectivity index (χ3n) is 5.06. The number of rotatable bonds is 10. The van der Waals surface area contributed by atoms with Crippen LogP contribution >= 0.6 is 0 Å². The number of aryl methyl sites for hydroxylation is 2. The third kappa shape index (κ3) is 6.15. The Kier molecular flexibility index (Phi) is 8.08. The summed E-state index contributed by atoms with van der Waals surface area (Å²) in [5.74, 6) is 0.543. The van der Waals surface area contributed by atoms with Crippen molar-refractivity contribution in [3.05, 3.63) is 70.8 Å². The van der Waals surface area contributed by atoms with Crippen LogP contribution in [0, 0.1) is 13.8 Å². The minimum Gasteiger partial charge on any atom is -0.0654 e. The van der Waals surface area contributed by atoms with Gasteiger partial charge in [0.2, 0.25) is 0 Å². The lowest BCUT2D eigenvalue weighted by Gasteiger charge is -2.19. The van der Waals surface area contributed by atoms with Gasteiger partial charge in [-0.25, -0.2) is 0 Å². The second kappa shape index (κ2) is 10.3. The van der Waals surface area contributed by atoms with Gasteiger partial charge in [0.25, 0.3) is 0 Å². The number of unbranched alkanes of at least 4 members (excludes halogenated alkanes) is 6. The number of hydrogen-bond donors (Lipinski definition) is 0. The number of benzene rings is 2. The average molecular weight is 323 g/mol. The molecule has 0 aliphatic rings. The first-order valence-corrected chi connectivity index (χ1v) is 9.84. The molecule has 0 saturated heterocycles. The zero-order chi connectivity index (χ0) is 17.2. The molecule has 24 heavy (non-hydrogen) atoms. The Labute approximate surface area is 149 Å². The predicted octanol–water partition coefficient (Wildman–Crippen LogP) is 7.58. The zero-order valence-electron chi connectivity index (χ0n) is 15.9. The van der Waals surface area contributed by atoms with E-state index in [1.165, 1.54) is 73.6 Å². The van der Waals surface area contributed by atoms with Gasteiger partial charge < -0.3 is 0 Å². The van der Waals surface area contributed by atoms with Crippen LogP contribution in [0.15, 0.2) is 48.5 Å². The topological polar surface area (TPSA) is 0 Å². The molecule has 0 fully saturated rings. The van der Waals surface area contributed by atoms with E-state index in [1.54, 1.807) is 0 Å². The third-order valence-corrected chi connectivity index (χ3v) is 5.06. The van der Waals surface area contributed by atoms with Crippen LogP contribution in [0.5, 0.6) is 0 Å². The fraction of sp³-hybridized carbons (Fsp3) is 0.500. The lowest BCUT2D eigenvalue weighted by Crippen LogP contribution is -2.02. The monoisotopic (exact) mass is 322 g/mol. The van der Waals surface area contributed by atoms with E-state index < -0.39 is 0 Å². The first kappa shape index (κ1) is 18.8. The highest BCUT2D eigenvalue weighted by atomic mass is 14.2. The fourth-order valence-electron chi connectivity index (χ4n) is 3.43. The molecule has 0 bridgehead atoms. The summed E-state index contributed by atoms with van der Waals surface area (Å²) in [5, 5.41) is 0. The average Bonchev–Trinajstić information content (AvgIpc) is 2.60. The van der Waals surface area contributed by atoms with Gasteiger partial charge in [0.1, 0.15) is 0 Å². The first-order valence-electron chi connectivity index (χ1n) is 9.84. The van der Waals surface area contributed by atoms with Crippen molar-refractivity contribution >= 4 is 0 Å². The lowest BCUT2D eigenvalue weighted by molar-refractivity contribution is 0.558. The molecule has 0 saturated carbocycles. The van der Waals surface area contributed by atoms with E-state index in [1.807, 2.05) is 0 Å². The Hall–Kier alpha value is -1.56. The van der Waals surface area contributed by atoms with Gasteiger partial charge in [-0.2, -0.15) is 0 Å². The van der Waals surface area contributed by atoms with Crippen molar-refractivity contribution in [3.63, 3.8) is 0 Å². The minimum absolute atomic E-state index is 0.543. The maximum atomic E-state index is 2.32. The SMILES string of the molecule is CCCCCCCCCC(c1ccc(C)cc1)c1ccc(C)cc1. The highest BCUT2D eigenvalue weighted by molar-refractivity contribution is 5.35. The van der Waals surface area contributed by atoms with Crippen molar-refractivity contribution in [2.24, 2.45) is 0 Å². The smallest absolute Gasteiger partial charge is 0.00893 e. The van der Waals surface area contributed by atoms with Crippen molar-refractivity contribution in [2.45, 2.75) is 78.1 Å². The summed E-state index contributed by atoms with van der Waals surface area (Å²) in [7, 11) is 0. The van der Waals surface area contributed by atoms with Gasteiger partial charge in [0.15, 0.2) is 0 Å². The molecule has 0 heterocycles. The molecule has 0 amide bonds. The lowest BCUT2D eigenvalue weighted by atomic mass is 9.86. The van der Waals surface area contributed by atoms with E-state index in [9.17, 15) is 0 Å². The second-order valence-electron chi connectivity index (χ2n) is 7.28. The molecule has 0 unspecified atom stereocenters. The van der Waals surface area contributed by atoms with Crippen LogP contribution < -0.4 is 0 Å². The predicted molar refractivity (Wildman–Crippen MR) is 107 cm³/mol. The molecule has 0 N–H and O–H groups in total. The molecule has 0 spiro atoms. The Bertz CT molecular complexity index is 516. The summed E-state index contributed by atoms with van der Waals surface area (Å²) in [4.78, 5) is 0. The fourth-order valence-corrected chi connectivity index (χ4v) is 3.43. The standard InChI is InChI=1S/C24H34/c1-4-5-6-7-8-9-10-11-24(22-16-12-20(2)13-17-22)23-18-14-21(3)15-19-23/h12-19,24H,4-11H2,1-3H3. The van der Waals surface area contributed by atoms with Crippen molar-refractivity contribution in [3.8, 4) is 0 Å². The molecular weight excluding hydrogens is 288 g/mol. The number of hydrogen-bond acceptors (Lipinski definition) is 0. The van der Waals surface area contributed by atoms with Crippen molar-refractivity contribution in [1.29, 1.82) is 0 Å². The zero-order valence-corrected chi connectivity index (χ0v) is 15.9. The van der Waals surface area contributed by atoms with E-state index in [2.05, 4.69) is 69.3 Å². The summed E-state index contributed by atoms with van der Waals surface area (Å²) in [6.07, 6.45) is 10.9. The van der Waals surface area contributed by atoms with Crippen LogP contribution in [0.3, 0.4) is 0 Å². The summed E-state index contributed by atoms with van der Waals surface area (Å²) in [5.41, 5.74) is 5.63. The van der Waals surface area contributed by atoms with Gasteiger partial charge in [-0.3, -0.25) is 0 Å². The molecule has 2 rings (SSSR count). The molecule has 0 aromatic heterocycles. The van der Waals surface area contributed by atoms with Crippen LogP contribution in [-0.4, -0.2) is 0 Å². The van der Waals surface area contributed by atoms with Crippen LogP contribution in [-0.2, 0) is 0 Å². The van der Waals surface area contributed by atoms with Crippen LogP contribution in [0.1, 0.15) is 86.5 Å². The van der Waals surface area contributed by atoms with E-state index in [0.29, 0.717) is 5.92 Å². The normalized spacial score (nSPS) is 11.2. The Morgan fingerprint density at radius 1 is 0.583 bits per heavy atom. The minimum atomic E-state index is 0.543. The van der Waals surface area contributed by atoms with Gasteiger partial charge in [0.05, 0.1) is 0 Å². The van der Waals surface area contributed by atoms with Crippen LogP contribution in [0.2, 0.25) is 0 Å².